The van der Waals surface area contributed by atoms with Gasteiger partial charge in [-0.25, -0.2) is 0 Å². The van der Waals surface area contributed by atoms with Crippen LogP contribution < -0.4 is 0 Å². The number of hydrogen-bond acceptors (Lipinski definition) is 6. The fourth-order valence-electron chi connectivity index (χ4n) is 6.78. The lowest BCUT2D eigenvalue weighted by Crippen LogP contribution is -2.30. The highest BCUT2D eigenvalue weighted by molar-refractivity contribution is 5.71. The molecule has 6 nitrogen and oxygen atoms in total. The van der Waals surface area contributed by atoms with Crippen LogP contribution in [0.4, 0.5) is 0 Å². The van der Waals surface area contributed by atoms with Gasteiger partial charge >= 0.3 is 17.9 Å². The molecule has 0 bridgehead atoms. The molecular formula is C49H90O6. The van der Waals surface area contributed by atoms with Crippen molar-refractivity contribution in [3.8, 4) is 0 Å². The van der Waals surface area contributed by atoms with Crippen molar-refractivity contribution in [2.45, 2.75) is 258 Å². The zero-order valence-electron chi connectivity index (χ0n) is 36.7. The minimum atomic E-state index is -0.772. The summed E-state index contributed by atoms with van der Waals surface area (Å²) in [5.41, 5.74) is 0. The van der Waals surface area contributed by atoms with Crippen molar-refractivity contribution in [1.29, 1.82) is 0 Å². The number of hydrogen-bond donors (Lipinski definition) is 0. The third-order valence-corrected chi connectivity index (χ3v) is 10.4. The Morgan fingerprint density at radius 2 is 0.600 bits per heavy atom. The maximum atomic E-state index is 12.7. The van der Waals surface area contributed by atoms with Crippen molar-refractivity contribution >= 4 is 17.9 Å². The van der Waals surface area contributed by atoms with E-state index >= 15 is 0 Å². The molecule has 0 amide bonds. The molecule has 55 heavy (non-hydrogen) atoms. The fraction of sp³-hybridized carbons (Fsp3) is 0.857. The Morgan fingerprint density at radius 3 is 0.945 bits per heavy atom. The molecule has 0 aliphatic carbocycles. The average Bonchev–Trinajstić information content (AvgIpc) is 3.18. The molecule has 0 aliphatic rings. The molecule has 0 aromatic carbocycles. The number of esters is 3. The third-order valence-electron chi connectivity index (χ3n) is 10.4. The van der Waals surface area contributed by atoms with Crippen LogP contribution in [0.5, 0.6) is 0 Å². The van der Waals surface area contributed by atoms with Crippen molar-refractivity contribution in [2.24, 2.45) is 0 Å². The van der Waals surface area contributed by atoms with Gasteiger partial charge in [-0.15, -0.1) is 0 Å². The second-order valence-electron chi connectivity index (χ2n) is 16.0. The summed E-state index contributed by atoms with van der Waals surface area (Å²) in [5.74, 6) is -0.888. The highest BCUT2D eigenvalue weighted by Gasteiger charge is 2.19. The van der Waals surface area contributed by atoms with Crippen LogP contribution in [-0.2, 0) is 28.6 Å². The Balaban J connectivity index is 4.35. The zero-order valence-corrected chi connectivity index (χ0v) is 36.7. The van der Waals surface area contributed by atoms with Gasteiger partial charge in [-0.05, 0) is 70.6 Å². The highest BCUT2D eigenvalue weighted by atomic mass is 16.6. The summed E-state index contributed by atoms with van der Waals surface area (Å²) >= 11 is 0. The van der Waals surface area contributed by atoms with Gasteiger partial charge in [0.1, 0.15) is 13.2 Å². The van der Waals surface area contributed by atoms with Crippen LogP contribution in [0.1, 0.15) is 252 Å². The zero-order chi connectivity index (χ0) is 40.1. The normalized spacial score (nSPS) is 12.1. The van der Waals surface area contributed by atoms with Crippen LogP contribution in [0.2, 0.25) is 0 Å². The van der Waals surface area contributed by atoms with Crippen LogP contribution in [-0.4, -0.2) is 37.2 Å². The van der Waals surface area contributed by atoms with Gasteiger partial charge in [0.05, 0.1) is 0 Å². The van der Waals surface area contributed by atoms with Crippen molar-refractivity contribution in [2.75, 3.05) is 13.2 Å². The summed E-state index contributed by atoms with van der Waals surface area (Å²) in [6, 6.07) is 0. The summed E-state index contributed by atoms with van der Waals surface area (Å²) < 4.78 is 16.7. The minimum absolute atomic E-state index is 0.0744. The molecule has 1 atom stereocenters. The summed E-state index contributed by atoms with van der Waals surface area (Å²) in [4.78, 5) is 37.7. The van der Waals surface area contributed by atoms with E-state index in [0.29, 0.717) is 19.3 Å². The van der Waals surface area contributed by atoms with Crippen molar-refractivity contribution < 1.29 is 28.6 Å². The Labute approximate surface area is 341 Å². The third kappa shape index (κ3) is 42.9. The van der Waals surface area contributed by atoms with Crippen LogP contribution in [0, 0.1) is 0 Å². The van der Waals surface area contributed by atoms with Crippen LogP contribution in [0.3, 0.4) is 0 Å². The fourth-order valence-corrected chi connectivity index (χ4v) is 6.78. The second kappa shape index (κ2) is 44.6. The van der Waals surface area contributed by atoms with Gasteiger partial charge in [0.15, 0.2) is 6.10 Å². The average molecular weight is 775 g/mol. The quantitative estimate of drug-likeness (QED) is 0.0266. The molecule has 0 saturated carbocycles. The summed E-state index contributed by atoms with van der Waals surface area (Å²) in [6.45, 7) is 6.59. The standard InChI is InChI=1S/C49H90O6/c1-4-7-10-13-16-19-22-24-25-26-28-30-33-36-39-42-48(51)54-45-46(44-53-47(50)41-38-35-32-29-21-18-15-12-9-6-3)55-49(52)43-40-37-34-31-27-23-20-17-14-11-8-5-2/h17,20,24-25,46H,4-16,18-19,21-23,26-45H2,1-3H3/b20-17-,25-24-/t46-/m1/s1. The summed E-state index contributed by atoms with van der Waals surface area (Å²) in [6.07, 6.45) is 48.7. The molecule has 0 unspecified atom stereocenters. The number of allylic oxidation sites excluding steroid dienone is 4. The van der Waals surface area contributed by atoms with E-state index in [4.69, 9.17) is 14.2 Å². The molecule has 0 fully saturated rings. The molecule has 0 aliphatic heterocycles. The molecule has 0 aromatic rings. The van der Waals surface area contributed by atoms with E-state index in [-0.39, 0.29) is 31.1 Å². The molecule has 0 N–H and O–H groups in total. The predicted molar refractivity (Wildman–Crippen MR) is 233 cm³/mol. The van der Waals surface area contributed by atoms with E-state index in [2.05, 4.69) is 45.1 Å². The Hall–Kier alpha value is -2.11. The van der Waals surface area contributed by atoms with Crippen LogP contribution in [0.15, 0.2) is 24.3 Å². The van der Waals surface area contributed by atoms with Gasteiger partial charge in [0.25, 0.3) is 0 Å². The lowest BCUT2D eigenvalue weighted by atomic mass is 10.1. The van der Waals surface area contributed by atoms with Gasteiger partial charge in [-0.1, -0.05) is 186 Å². The Kier molecular flexibility index (Phi) is 42.9. The van der Waals surface area contributed by atoms with E-state index in [1.165, 1.54) is 141 Å². The minimum Gasteiger partial charge on any atom is -0.462 e. The van der Waals surface area contributed by atoms with Crippen molar-refractivity contribution in [1.82, 2.24) is 0 Å². The first kappa shape index (κ1) is 52.9. The van der Waals surface area contributed by atoms with E-state index in [1.54, 1.807) is 0 Å². The van der Waals surface area contributed by atoms with E-state index < -0.39 is 6.10 Å². The van der Waals surface area contributed by atoms with E-state index in [9.17, 15) is 14.4 Å². The summed E-state index contributed by atoms with van der Waals surface area (Å²) in [7, 11) is 0. The molecule has 0 rings (SSSR count). The molecule has 0 radical (unpaired) electrons. The molecule has 0 heterocycles. The van der Waals surface area contributed by atoms with Gasteiger partial charge in [0.2, 0.25) is 0 Å². The predicted octanol–water partition coefficient (Wildman–Crippen LogP) is 15.2. The monoisotopic (exact) mass is 775 g/mol. The molecule has 6 heteroatoms. The number of carbonyl (C=O) groups excluding carboxylic acids is 3. The van der Waals surface area contributed by atoms with Gasteiger partial charge in [-0.2, -0.15) is 0 Å². The number of unbranched alkanes of at least 4 members (excludes halogenated alkanes) is 28. The van der Waals surface area contributed by atoms with Crippen molar-refractivity contribution in [3.05, 3.63) is 24.3 Å². The first-order valence-corrected chi connectivity index (χ1v) is 23.8. The molecule has 0 aromatic heterocycles. The second-order valence-corrected chi connectivity index (χ2v) is 16.0. The largest absolute Gasteiger partial charge is 0.462 e. The lowest BCUT2D eigenvalue weighted by Gasteiger charge is -2.18. The lowest BCUT2D eigenvalue weighted by molar-refractivity contribution is -0.167. The maximum Gasteiger partial charge on any atom is 0.306 e. The van der Waals surface area contributed by atoms with Crippen molar-refractivity contribution in [3.63, 3.8) is 0 Å². The molecule has 322 valence electrons. The number of carbonyl (C=O) groups is 3. The maximum absolute atomic E-state index is 12.7. The van der Waals surface area contributed by atoms with E-state index in [0.717, 1.165) is 70.6 Å². The smallest absolute Gasteiger partial charge is 0.306 e. The Bertz CT molecular complexity index is 896. The van der Waals surface area contributed by atoms with E-state index in [1.807, 2.05) is 0 Å². The molecule has 0 spiro atoms. The number of rotatable bonds is 43. The van der Waals surface area contributed by atoms with Gasteiger partial charge in [0, 0.05) is 19.3 Å². The molecule has 0 saturated heterocycles. The molecular weight excluding hydrogens is 685 g/mol. The van der Waals surface area contributed by atoms with Crippen LogP contribution >= 0.6 is 0 Å². The first-order chi connectivity index (χ1) is 27.0. The van der Waals surface area contributed by atoms with Gasteiger partial charge < -0.3 is 14.2 Å². The SMILES string of the molecule is CCCCC/C=C\CCCCCCCC(=O)O[C@@H](COC(=O)CCCCCCC/C=C\CCCCCCCC)COC(=O)CCCCCCCCCCCC. The Morgan fingerprint density at radius 1 is 0.345 bits per heavy atom. The number of ether oxygens (including phenoxy) is 3. The highest BCUT2D eigenvalue weighted by Crippen LogP contribution is 2.14. The topological polar surface area (TPSA) is 78.9 Å². The summed E-state index contributed by atoms with van der Waals surface area (Å²) in [5, 5.41) is 0. The van der Waals surface area contributed by atoms with Gasteiger partial charge in [-0.3, -0.25) is 14.4 Å². The van der Waals surface area contributed by atoms with Crippen LogP contribution in [0.25, 0.3) is 0 Å². The first-order valence-electron chi connectivity index (χ1n) is 23.8.